The molecule has 4 heteroatoms. The number of alkyl halides is 1. The molecule has 0 bridgehead atoms. The molecule has 1 aromatic carbocycles. The molecule has 0 radical (unpaired) electrons. The SMILES string of the molecule is ClCc1cnccc1Oc1cccc(Cl)c1. The minimum atomic E-state index is 0.365. The maximum atomic E-state index is 5.87. The lowest BCUT2D eigenvalue weighted by atomic mass is 10.3. The summed E-state index contributed by atoms with van der Waals surface area (Å²) in [6.45, 7) is 0. The van der Waals surface area contributed by atoms with Crippen molar-refractivity contribution in [2.75, 3.05) is 0 Å². The van der Waals surface area contributed by atoms with Crippen molar-refractivity contribution in [1.29, 1.82) is 0 Å². The van der Waals surface area contributed by atoms with Crippen LogP contribution < -0.4 is 4.74 Å². The van der Waals surface area contributed by atoms with Crippen LogP contribution in [0.25, 0.3) is 0 Å². The Hall–Kier alpha value is -1.25. The fourth-order valence-corrected chi connectivity index (χ4v) is 1.65. The maximum Gasteiger partial charge on any atom is 0.134 e. The van der Waals surface area contributed by atoms with Crippen LogP contribution in [0.5, 0.6) is 11.5 Å². The van der Waals surface area contributed by atoms with Gasteiger partial charge in [0.05, 0.1) is 5.88 Å². The highest BCUT2D eigenvalue weighted by molar-refractivity contribution is 6.30. The summed E-state index contributed by atoms with van der Waals surface area (Å²) < 4.78 is 5.67. The van der Waals surface area contributed by atoms with Gasteiger partial charge in [0.1, 0.15) is 11.5 Å². The number of hydrogen-bond acceptors (Lipinski definition) is 2. The smallest absolute Gasteiger partial charge is 0.134 e. The second kappa shape index (κ2) is 5.19. The Morgan fingerprint density at radius 3 is 2.88 bits per heavy atom. The Morgan fingerprint density at radius 2 is 2.12 bits per heavy atom. The zero-order chi connectivity index (χ0) is 11.4. The van der Waals surface area contributed by atoms with Gasteiger partial charge < -0.3 is 4.74 Å². The molecular weight excluding hydrogens is 245 g/mol. The van der Waals surface area contributed by atoms with Crippen molar-refractivity contribution in [3.8, 4) is 11.5 Å². The fourth-order valence-electron chi connectivity index (χ4n) is 1.27. The Kier molecular flexibility index (Phi) is 3.65. The topological polar surface area (TPSA) is 22.1 Å². The lowest BCUT2D eigenvalue weighted by Crippen LogP contribution is -1.90. The van der Waals surface area contributed by atoms with Crippen LogP contribution in [0.15, 0.2) is 42.7 Å². The molecule has 2 rings (SSSR count). The first kappa shape index (κ1) is 11.2. The fraction of sp³-hybridized carbons (Fsp3) is 0.0833. The van der Waals surface area contributed by atoms with Gasteiger partial charge in [-0.25, -0.2) is 0 Å². The van der Waals surface area contributed by atoms with Gasteiger partial charge in [0.15, 0.2) is 0 Å². The molecule has 0 aliphatic carbocycles. The summed E-state index contributed by atoms with van der Waals surface area (Å²) in [6.07, 6.45) is 3.35. The standard InChI is InChI=1S/C12H9Cl2NO/c13-7-9-8-15-5-4-12(9)16-11-3-1-2-10(14)6-11/h1-6,8H,7H2. The van der Waals surface area contributed by atoms with E-state index in [9.17, 15) is 0 Å². The van der Waals surface area contributed by atoms with Crippen molar-refractivity contribution in [1.82, 2.24) is 4.98 Å². The van der Waals surface area contributed by atoms with E-state index in [1.54, 1.807) is 30.6 Å². The molecule has 0 spiro atoms. The predicted octanol–water partition coefficient (Wildman–Crippen LogP) is 4.27. The highest BCUT2D eigenvalue weighted by Gasteiger charge is 2.03. The number of hydrogen-bond donors (Lipinski definition) is 0. The van der Waals surface area contributed by atoms with Gasteiger partial charge in [0.2, 0.25) is 0 Å². The van der Waals surface area contributed by atoms with Crippen LogP contribution >= 0.6 is 23.2 Å². The molecule has 82 valence electrons. The molecule has 0 saturated heterocycles. The van der Waals surface area contributed by atoms with E-state index in [1.807, 2.05) is 12.1 Å². The molecule has 2 nitrogen and oxygen atoms in total. The highest BCUT2D eigenvalue weighted by atomic mass is 35.5. The average Bonchev–Trinajstić information content (AvgIpc) is 2.30. The van der Waals surface area contributed by atoms with Crippen molar-refractivity contribution >= 4 is 23.2 Å². The largest absolute Gasteiger partial charge is 0.457 e. The van der Waals surface area contributed by atoms with Gasteiger partial charge in [-0.1, -0.05) is 17.7 Å². The van der Waals surface area contributed by atoms with E-state index in [2.05, 4.69) is 4.98 Å². The van der Waals surface area contributed by atoms with E-state index in [-0.39, 0.29) is 0 Å². The number of pyridine rings is 1. The second-order valence-corrected chi connectivity index (χ2v) is 3.88. The number of benzene rings is 1. The second-order valence-electron chi connectivity index (χ2n) is 3.18. The first-order valence-corrected chi connectivity index (χ1v) is 5.63. The van der Waals surface area contributed by atoms with E-state index in [0.29, 0.717) is 22.4 Å². The monoisotopic (exact) mass is 253 g/mol. The molecule has 2 aromatic rings. The van der Waals surface area contributed by atoms with Crippen LogP contribution in [-0.2, 0) is 5.88 Å². The van der Waals surface area contributed by atoms with Crippen molar-refractivity contribution in [2.24, 2.45) is 0 Å². The summed E-state index contributed by atoms with van der Waals surface area (Å²) in [5.74, 6) is 1.75. The van der Waals surface area contributed by atoms with Crippen molar-refractivity contribution in [3.63, 3.8) is 0 Å². The number of rotatable bonds is 3. The third kappa shape index (κ3) is 2.65. The minimum Gasteiger partial charge on any atom is -0.457 e. The molecule has 1 heterocycles. The van der Waals surface area contributed by atoms with Gasteiger partial charge >= 0.3 is 0 Å². The number of ether oxygens (including phenoxy) is 1. The van der Waals surface area contributed by atoms with E-state index >= 15 is 0 Å². The minimum absolute atomic E-state index is 0.365. The molecule has 0 aliphatic heterocycles. The summed E-state index contributed by atoms with van der Waals surface area (Å²) in [4.78, 5) is 3.98. The van der Waals surface area contributed by atoms with Crippen molar-refractivity contribution < 1.29 is 4.74 Å². The Morgan fingerprint density at radius 1 is 1.25 bits per heavy atom. The molecule has 0 fully saturated rings. The van der Waals surface area contributed by atoms with E-state index in [0.717, 1.165) is 5.56 Å². The first-order chi connectivity index (χ1) is 7.79. The third-order valence-electron chi connectivity index (χ3n) is 2.03. The zero-order valence-electron chi connectivity index (χ0n) is 8.36. The van der Waals surface area contributed by atoms with Crippen LogP contribution in [-0.4, -0.2) is 4.98 Å². The van der Waals surface area contributed by atoms with E-state index in [1.165, 1.54) is 0 Å². The van der Waals surface area contributed by atoms with E-state index < -0.39 is 0 Å². The summed E-state index contributed by atoms with van der Waals surface area (Å²) in [6, 6.07) is 8.99. The Labute approximate surface area is 104 Å². The third-order valence-corrected chi connectivity index (χ3v) is 2.55. The molecule has 0 N–H and O–H groups in total. The quantitative estimate of drug-likeness (QED) is 0.763. The van der Waals surface area contributed by atoms with Crippen molar-refractivity contribution in [2.45, 2.75) is 5.88 Å². The lowest BCUT2D eigenvalue weighted by Gasteiger charge is -2.08. The number of halogens is 2. The van der Waals surface area contributed by atoms with Crippen LogP contribution in [0.4, 0.5) is 0 Å². The number of aromatic nitrogens is 1. The summed E-state index contributed by atoms with van der Waals surface area (Å²) in [5.41, 5.74) is 0.851. The zero-order valence-corrected chi connectivity index (χ0v) is 9.87. The molecule has 1 aromatic heterocycles. The van der Waals surface area contributed by atoms with Gasteiger partial charge in [-0.05, 0) is 24.3 Å². The van der Waals surface area contributed by atoms with Crippen LogP contribution in [0.3, 0.4) is 0 Å². The Bertz CT molecular complexity index is 488. The molecular formula is C12H9Cl2NO. The molecule has 0 saturated carbocycles. The van der Waals surface area contributed by atoms with Gasteiger partial charge in [-0.3, -0.25) is 4.98 Å². The van der Waals surface area contributed by atoms with Gasteiger partial charge in [-0.2, -0.15) is 0 Å². The molecule has 0 unspecified atom stereocenters. The lowest BCUT2D eigenvalue weighted by molar-refractivity contribution is 0.477. The average molecular weight is 254 g/mol. The van der Waals surface area contributed by atoms with Gasteiger partial charge in [-0.15, -0.1) is 11.6 Å². The van der Waals surface area contributed by atoms with Crippen LogP contribution in [0.1, 0.15) is 5.56 Å². The molecule has 0 aliphatic rings. The summed E-state index contributed by atoms with van der Waals surface area (Å²) in [7, 11) is 0. The first-order valence-electron chi connectivity index (χ1n) is 4.72. The van der Waals surface area contributed by atoms with Crippen LogP contribution in [0, 0.1) is 0 Å². The molecule has 0 amide bonds. The van der Waals surface area contributed by atoms with Crippen molar-refractivity contribution in [3.05, 3.63) is 53.3 Å². The van der Waals surface area contributed by atoms with Gasteiger partial charge in [0.25, 0.3) is 0 Å². The predicted molar refractivity (Wildman–Crippen MR) is 65.3 cm³/mol. The summed E-state index contributed by atoms with van der Waals surface area (Å²) >= 11 is 11.6. The molecule has 16 heavy (non-hydrogen) atoms. The van der Waals surface area contributed by atoms with E-state index in [4.69, 9.17) is 27.9 Å². The van der Waals surface area contributed by atoms with Gasteiger partial charge in [0, 0.05) is 23.0 Å². The Balaban J connectivity index is 2.26. The normalized spacial score (nSPS) is 10.1. The van der Waals surface area contributed by atoms with Crippen LogP contribution in [0.2, 0.25) is 5.02 Å². The highest BCUT2D eigenvalue weighted by Crippen LogP contribution is 2.27. The summed E-state index contributed by atoms with van der Waals surface area (Å²) in [5, 5.41) is 0.638. The maximum absolute atomic E-state index is 5.87. The number of nitrogens with zero attached hydrogens (tertiary/aromatic N) is 1. The molecule has 0 atom stereocenters.